The minimum atomic E-state index is -0.762. The summed E-state index contributed by atoms with van der Waals surface area (Å²) in [5.74, 6) is -2.26. The minimum Gasteiger partial charge on any atom is -0.463 e. The van der Waals surface area contributed by atoms with Crippen molar-refractivity contribution in [1.82, 2.24) is 15.5 Å². The summed E-state index contributed by atoms with van der Waals surface area (Å²) in [6.07, 6.45) is 3.02. The molecular formula is C30H41N3O6. The van der Waals surface area contributed by atoms with E-state index in [-0.39, 0.29) is 13.2 Å². The highest BCUT2D eigenvalue weighted by Gasteiger charge is 2.40. The van der Waals surface area contributed by atoms with Crippen LogP contribution in [-0.2, 0) is 28.6 Å². The van der Waals surface area contributed by atoms with Crippen molar-refractivity contribution < 1.29 is 28.6 Å². The highest BCUT2D eigenvalue weighted by Crippen LogP contribution is 2.41. The van der Waals surface area contributed by atoms with E-state index in [0.29, 0.717) is 40.2 Å². The summed E-state index contributed by atoms with van der Waals surface area (Å²) in [5.41, 5.74) is 2.73. The largest absolute Gasteiger partial charge is 0.463 e. The number of hydrogen-bond acceptors (Lipinski definition) is 9. The number of hydrogen-bond donors (Lipinski definition) is 2. The topological polar surface area (TPSA) is 106 Å². The van der Waals surface area contributed by atoms with Gasteiger partial charge in [0, 0.05) is 50.2 Å². The Kier molecular flexibility index (Phi) is 10.5. The number of esters is 3. The maximum absolute atomic E-state index is 13.6. The van der Waals surface area contributed by atoms with Crippen LogP contribution in [0.2, 0.25) is 0 Å². The molecule has 0 radical (unpaired) electrons. The molecule has 1 unspecified atom stereocenters. The zero-order valence-corrected chi connectivity index (χ0v) is 23.9. The number of carbonyl (C=O) groups is 3. The summed E-state index contributed by atoms with van der Waals surface area (Å²) in [6, 6.07) is 7.39. The van der Waals surface area contributed by atoms with Gasteiger partial charge in [0.2, 0.25) is 0 Å². The third kappa shape index (κ3) is 8.03. The van der Waals surface area contributed by atoms with Gasteiger partial charge < -0.3 is 24.8 Å². The lowest BCUT2D eigenvalue weighted by Gasteiger charge is -2.35. The fraction of sp³-hybridized carbons (Fsp3) is 0.500. The van der Waals surface area contributed by atoms with Crippen LogP contribution >= 0.6 is 0 Å². The minimum absolute atomic E-state index is 0.188. The molecule has 2 N–H and O–H groups in total. The summed E-state index contributed by atoms with van der Waals surface area (Å²) >= 11 is 0. The molecule has 39 heavy (non-hydrogen) atoms. The molecule has 2 aliphatic rings. The van der Waals surface area contributed by atoms with Gasteiger partial charge in [-0.25, -0.2) is 14.4 Å². The maximum atomic E-state index is 13.6. The molecule has 0 aliphatic carbocycles. The van der Waals surface area contributed by atoms with Crippen LogP contribution in [0.4, 0.5) is 0 Å². The van der Waals surface area contributed by atoms with Crippen molar-refractivity contribution in [2.75, 3.05) is 45.9 Å². The molecule has 1 fully saturated rings. The van der Waals surface area contributed by atoms with Gasteiger partial charge in [0.25, 0.3) is 0 Å². The van der Waals surface area contributed by atoms with Gasteiger partial charge in [0.05, 0.1) is 30.3 Å². The molecule has 9 nitrogen and oxygen atoms in total. The molecule has 2 heterocycles. The first-order chi connectivity index (χ1) is 18.6. The molecule has 212 valence electrons. The lowest BCUT2D eigenvalue weighted by atomic mass is 9.78. The predicted octanol–water partition coefficient (Wildman–Crippen LogP) is 3.29. The number of nitrogens with zero attached hydrogens (tertiary/aromatic N) is 1. The smallest absolute Gasteiger partial charge is 0.336 e. The molecule has 1 aromatic rings. The van der Waals surface area contributed by atoms with E-state index in [0.717, 1.165) is 26.2 Å². The quantitative estimate of drug-likeness (QED) is 0.278. The number of carbonyl (C=O) groups excluding carboxylic acids is 3. The molecule has 1 atom stereocenters. The Morgan fingerprint density at radius 2 is 1.62 bits per heavy atom. The van der Waals surface area contributed by atoms with Crippen LogP contribution in [0.3, 0.4) is 0 Å². The number of allylic oxidation sites excluding steroid dienone is 1. The van der Waals surface area contributed by atoms with E-state index in [1.54, 1.807) is 40.7 Å². The first kappa shape index (κ1) is 30.1. The van der Waals surface area contributed by atoms with Gasteiger partial charge in [-0.2, -0.15) is 0 Å². The molecule has 9 heteroatoms. The normalized spacial score (nSPS) is 18.7. The molecule has 1 aromatic carbocycles. The van der Waals surface area contributed by atoms with Crippen LogP contribution in [0.25, 0.3) is 6.08 Å². The second-order valence-corrected chi connectivity index (χ2v) is 10.5. The Morgan fingerprint density at radius 3 is 2.23 bits per heavy atom. The Labute approximate surface area is 231 Å². The Hall–Kier alpha value is -3.43. The zero-order valence-electron chi connectivity index (χ0n) is 23.9. The van der Waals surface area contributed by atoms with E-state index in [4.69, 9.17) is 14.2 Å². The van der Waals surface area contributed by atoms with E-state index in [1.807, 2.05) is 31.2 Å². The van der Waals surface area contributed by atoms with Gasteiger partial charge >= 0.3 is 17.9 Å². The molecule has 0 saturated carbocycles. The van der Waals surface area contributed by atoms with E-state index in [1.165, 1.54) is 6.08 Å². The van der Waals surface area contributed by atoms with E-state index in [2.05, 4.69) is 15.5 Å². The van der Waals surface area contributed by atoms with Crippen molar-refractivity contribution >= 4 is 24.0 Å². The maximum Gasteiger partial charge on any atom is 0.336 e. The van der Waals surface area contributed by atoms with Crippen molar-refractivity contribution in [1.29, 1.82) is 0 Å². The van der Waals surface area contributed by atoms with Gasteiger partial charge in [-0.3, -0.25) is 4.90 Å². The molecule has 3 rings (SSSR count). The second-order valence-electron chi connectivity index (χ2n) is 10.5. The highest BCUT2D eigenvalue weighted by molar-refractivity contribution is 6.00. The third-order valence-corrected chi connectivity index (χ3v) is 6.34. The summed E-state index contributed by atoms with van der Waals surface area (Å²) in [5, 5.41) is 6.69. The Bertz CT molecular complexity index is 1160. The van der Waals surface area contributed by atoms with Gasteiger partial charge in [-0.05, 0) is 58.7 Å². The molecule has 1 saturated heterocycles. The van der Waals surface area contributed by atoms with Crippen molar-refractivity contribution in [2.24, 2.45) is 0 Å². The van der Waals surface area contributed by atoms with Crippen LogP contribution in [0, 0.1) is 0 Å². The first-order valence-electron chi connectivity index (χ1n) is 13.5. The number of nitrogens with one attached hydrogen (secondary N) is 2. The van der Waals surface area contributed by atoms with Gasteiger partial charge in [-0.15, -0.1) is 0 Å². The average molecular weight is 540 g/mol. The zero-order chi connectivity index (χ0) is 28.6. The van der Waals surface area contributed by atoms with Gasteiger partial charge in [-0.1, -0.05) is 24.3 Å². The average Bonchev–Trinajstić information content (AvgIpc) is 2.87. The number of ether oxygens (including phenoxy) is 3. The molecule has 0 amide bonds. The third-order valence-electron chi connectivity index (χ3n) is 6.34. The van der Waals surface area contributed by atoms with Crippen LogP contribution < -0.4 is 10.6 Å². The number of benzene rings is 1. The fourth-order valence-electron chi connectivity index (χ4n) is 4.77. The second kappa shape index (κ2) is 13.6. The van der Waals surface area contributed by atoms with Crippen LogP contribution in [0.1, 0.15) is 58.6 Å². The van der Waals surface area contributed by atoms with Crippen molar-refractivity contribution in [2.45, 2.75) is 53.1 Å². The Morgan fingerprint density at radius 1 is 1.00 bits per heavy atom. The van der Waals surface area contributed by atoms with Crippen LogP contribution in [0.15, 0.2) is 52.9 Å². The number of rotatable bonds is 9. The van der Waals surface area contributed by atoms with Crippen molar-refractivity contribution in [3.63, 3.8) is 0 Å². The SMILES string of the molecule is CCOC(=O)C1=C(C)NC(CN2CCNCC2)=C(C(=O)OCC)C1c1ccccc1/C=C/C(=O)OC(C)(C)C. The van der Waals surface area contributed by atoms with Gasteiger partial charge in [0.1, 0.15) is 5.60 Å². The van der Waals surface area contributed by atoms with E-state index in [9.17, 15) is 14.4 Å². The van der Waals surface area contributed by atoms with Crippen LogP contribution in [0.5, 0.6) is 0 Å². The van der Waals surface area contributed by atoms with Gasteiger partial charge in [0.15, 0.2) is 0 Å². The molecule has 2 aliphatic heterocycles. The highest BCUT2D eigenvalue weighted by atomic mass is 16.6. The fourth-order valence-corrected chi connectivity index (χ4v) is 4.77. The first-order valence-corrected chi connectivity index (χ1v) is 13.5. The van der Waals surface area contributed by atoms with Crippen molar-refractivity contribution in [3.05, 3.63) is 64.0 Å². The monoisotopic (exact) mass is 539 g/mol. The van der Waals surface area contributed by atoms with Crippen molar-refractivity contribution in [3.8, 4) is 0 Å². The van der Waals surface area contributed by atoms with Crippen LogP contribution in [-0.4, -0.2) is 74.3 Å². The molecular weight excluding hydrogens is 498 g/mol. The summed E-state index contributed by atoms with van der Waals surface area (Å²) in [6.45, 7) is 15.0. The standard InChI is InChI=1S/C30H41N3O6/c1-7-37-28(35)25-20(3)32-23(19-33-17-15-31-16-18-33)27(29(36)38-8-2)26(25)22-12-10-9-11-21(22)13-14-24(34)39-30(4,5)6/h9-14,26,31-32H,7-8,15-19H2,1-6H3/b14-13+. The molecule has 0 spiro atoms. The summed E-state index contributed by atoms with van der Waals surface area (Å²) in [4.78, 5) is 41.6. The Balaban J connectivity index is 2.17. The molecule has 0 aromatic heterocycles. The van der Waals surface area contributed by atoms with E-state index < -0.39 is 29.4 Å². The number of dihydropyridines is 1. The lowest BCUT2D eigenvalue weighted by molar-refractivity contribution is -0.148. The summed E-state index contributed by atoms with van der Waals surface area (Å²) < 4.78 is 16.4. The lowest BCUT2D eigenvalue weighted by Crippen LogP contribution is -2.46. The molecule has 0 bridgehead atoms. The predicted molar refractivity (Wildman–Crippen MR) is 149 cm³/mol. The summed E-state index contributed by atoms with van der Waals surface area (Å²) in [7, 11) is 0. The number of piperazine rings is 1. The van der Waals surface area contributed by atoms with E-state index >= 15 is 0 Å².